The first-order valence-electron chi connectivity index (χ1n) is 13.6. The van der Waals surface area contributed by atoms with E-state index in [1.165, 1.54) is 4.90 Å². The van der Waals surface area contributed by atoms with Gasteiger partial charge in [0.25, 0.3) is 0 Å². The summed E-state index contributed by atoms with van der Waals surface area (Å²) < 4.78 is 6.21. The summed E-state index contributed by atoms with van der Waals surface area (Å²) in [6.45, 7) is 1.75. The Morgan fingerprint density at radius 1 is 0.927 bits per heavy atom. The van der Waals surface area contributed by atoms with Crippen molar-refractivity contribution in [3.05, 3.63) is 94.5 Å². The van der Waals surface area contributed by atoms with Crippen molar-refractivity contribution in [1.82, 2.24) is 4.98 Å². The van der Waals surface area contributed by atoms with E-state index in [4.69, 9.17) is 9.72 Å². The highest BCUT2D eigenvalue weighted by atomic mass is 79.9. The SMILES string of the molecule is CC1CCC2C(=O)N(c3ccc(-c4cc(C(=O)OCC(=O)c5ccccc5)c5cc(Br)ccc5n4)cc3)C(=O)C2C1. The second kappa shape index (κ2) is 11.0. The third-order valence-electron chi connectivity index (χ3n) is 8.03. The van der Waals surface area contributed by atoms with E-state index in [0.717, 1.165) is 23.7 Å². The van der Waals surface area contributed by atoms with E-state index >= 15 is 0 Å². The molecule has 2 amide bonds. The molecule has 0 radical (unpaired) electrons. The van der Waals surface area contributed by atoms with Crippen LogP contribution in [0.15, 0.2) is 83.3 Å². The minimum Gasteiger partial charge on any atom is -0.454 e. The molecule has 206 valence electrons. The van der Waals surface area contributed by atoms with Gasteiger partial charge in [-0.15, -0.1) is 0 Å². The number of carbonyl (C=O) groups excluding carboxylic acids is 4. The number of ketones is 1. The lowest BCUT2D eigenvalue weighted by Crippen LogP contribution is -2.30. The molecular weight excluding hydrogens is 584 g/mol. The van der Waals surface area contributed by atoms with Crippen LogP contribution in [-0.2, 0) is 14.3 Å². The number of hydrogen-bond acceptors (Lipinski definition) is 6. The number of nitrogens with zero attached hydrogens (tertiary/aromatic N) is 2. The van der Waals surface area contributed by atoms with Gasteiger partial charge in [-0.05, 0) is 61.6 Å². The van der Waals surface area contributed by atoms with Crippen LogP contribution in [-0.4, -0.2) is 35.2 Å². The van der Waals surface area contributed by atoms with E-state index in [9.17, 15) is 19.2 Å². The minimum atomic E-state index is -0.636. The molecule has 2 heterocycles. The summed E-state index contributed by atoms with van der Waals surface area (Å²) in [5.41, 5.74) is 3.09. The van der Waals surface area contributed by atoms with Gasteiger partial charge in [0.1, 0.15) is 0 Å². The molecule has 7 nitrogen and oxygen atoms in total. The molecule has 6 rings (SSSR count). The summed E-state index contributed by atoms with van der Waals surface area (Å²) in [6, 6.07) is 22.8. The number of aromatic nitrogens is 1. The molecule has 41 heavy (non-hydrogen) atoms. The molecule has 3 unspecified atom stereocenters. The van der Waals surface area contributed by atoms with Gasteiger partial charge in [-0.25, -0.2) is 9.78 Å². The molecule has 1 saturated carbocycles. The van der Waals surface area contributed by atoms with Crippen molar-refractivity contribution in [2.24, 2.45) is 17.8 Å². The van der Waals surface area contributed by atoms with Crippen molar-refractivity contribution < 1.29 is 23.9 Å². The Bertz CT molecular complexity index is 1690. The number of carbonyl (C=O) groups is 4. The van der Waals surface area contributed by atoms with Crippen molar-refractivity contribution in [3.63, 3.8) is 0 Å². The Kier molecular flexibility index (Phi) is 7.26. The first kappa shape index (κ1) is 27.0. The zero-order valence-corrected chi connectivity index (χ0v) is 24.0. The number of ether oxygens (including phenoxy) is 1. The maximum Gasteiger partial charge on any atom is 0.339 e. The van der Waals surface area contributed by atoms with Gasteiger partial charge >= 0.3 is 5.97 Å². The van der Waals surface area contributed by atoms with Gasteiger partial charge in [-0.1, -0.05) is 65.3 Å². The highest BCUT2D eigenvalue weighted by Crippen LogP contribution is 2.42. The lowest BCUT2D eigenvalue weighted by molar-refractivity contribution is -0.122. The van der Waals surface area contributed by atoms with Crippen LogP contribution in [0.4, 0.5) is 5.69 Å². The van der Waals surface area contributed by atoms with Crippen LogP contribution in [0.3, 0.4) is 0 Å². The number of hydrogen-bond donors (Lipinski definition) is 0. The Morgan fingerprint density at radius 2 is 1.66 bits per heavy atom. The molecular formula is C33H27BrN2O5. The van der Waals surface area contributed by atoms with Gasteiger partial charge in [0.05, 0.1) is 34.3 Å². The second-order valence-corrected chi connectivity index (χ2v) is 11.7. The largest absolute Gasteiger partial charge is 0.454 e. The molecule has 4 aromatic rings. The Balaban J connectivity index is 1.28. The fourth-order valence-electron chi connectivity index (χ4n) is 5.86. The van der Waals surface area contributed by atoms with Gasteiger partial charge in [-0.2, -0.15) is 0 Å². The quantitative estimate of drug-likeness (QED) is 0.138. The number of fused-ring (bicyclic) bond motifs is 2. The molecule has 1 aliphatic heterocycles. The zero-order chi connectivity index (χ0) is 28.7. The van der Waals surface area contributed by atoms with Gasteiger partial charge in [0, 0.05) is 21.0 Å². The van der Waals surface area contributed by atoms with E-state index in [-0.39, 0.29) is 41.6 Å². The number of Topliss-reactive ketones (excluding diaryl/α,β-unsaturated/α-hetero) is 1. The van der Waals surface area contributed by atoms with Crippen molar-refractivity contribution >= 4 is 56.1 Å². The molecule has 0 spiro atoms. The van der Waals surface area contributed by atoms with Crippen LogP contribution in [0.25, 0.3) is 22.2 Å². The summed E-state index contributed by atoms with van der Waals surface area (Å²) in [5.74, 6) is -1.21. The van der Waals surface area contributed by atoms with E-state index in [1.54, 1.807) is 66.7 Å². The van der Waals surface area contributed by atoms with Gasteiger partial charge in [0.2, 0.25) is 11.8 Å². The first-order chi connectivity index (χ1) is 19.8. The van der Waals surface area contributed by atoms with Gasteiger partial charge in [-0.3, -0.25) is 19.3 Å². The third kappa shape index (κ3) is 5.20. The Hall–Kier alpha value is -4.17. The van der Waals surface area contributed by atoms with E-state index in [0.29, 0.717) is 39.3 Å². The predicted octanol–water partition coefficient (Wildman–Crippen LogP) is 6.63. The molecule has 3 atom stereocenters. The Morgan fingerprint density at radius 3 is 2.41 bits per heavy atom. The summed E-state index contributed by atoms with van der Waals surface area (Å²) in [5, 5.41) is 0.585. The van der Waals surface area contributed by atoms with Crippen molar-refractivity contribution in [1.29, 1.82) is 0 Å². The summed E-state index contributed by atoms with van der Waals surface area (Å²) >= 11 is 3.45. The van der Waals surface area contributed by atoms with Crippen LogP contribution < -0.4 is 4.90 Å². The third-order valence-corrected chi connectivity index (χ3v) is 8.52. The lowest BCUT2D eigenvalue weighted by Gasteiger charge is -2.25. The smallest absolute Gasteiger partial charge is 0.339 e. The number of halogens is 1. The number of anilines is 1. The molecule has 0 N–H and O–H groups in total. The molecule has 1 aliphatic carbocycles. The fraction of sp³-hybridized carbons (Fsp3) is 0.242. The topological polar surface area (TPSA) is 93.6 Å². The number of imide groups is 1. The normalized spacial score (nSPS) is 20.2. The Labute approximate surface area is 245 Å². The van der Waals surface area contributed by atoms with Crippen LogP contribution in [0.5, 0.6) is 0 Å². The van der Waals surface area contributed by atoms with Crippen molar-refractivity contribution in [3.8, 4) is 11.3 Å². The lowest BCUT2D eigenvalue weighted by atomic mass is 9.76. The molecule has 8 heteroatoms. The van der Waals surface area contributed by atoms with Crippen LogP contribution in [0, 0.1) is 17.8 Å². The van der Waals surface area contributed by atoms with Gasteiger partial charge in [0.15, 0.2) is 12.4 Å². The second-order valence-electron chi connectivity index (χ2n) is 10.8. The molecule has 3 aromatic carbocycles. The number of amides is 2. The number of esters is 1. The summed E-state index contributed by atoms with van der Waals surface area (Å²) in [7, 11) is 0. The maximum atomic E-state index is 13.2. The zero-order valence-electron chi connectivity index (χ0n) is 22.4. The molecule has 2 aliphatic rings. The highest BCUT2D eigenvalue weighted by molar-refractivity contribution is 9.10. The minimum absolute atomic E-state index is 0.121. The van der Waals surface area contributed by atoms with E-state index in [2.05, 4.69) is 22.9 Å². The average Bonchev–Trinajstić information content (AvgIpc) is 3.24. The molecule has 1 aromatic heterocycles. The number of benzene rings is 3. The summed E-state index contributed by atoms with van der Waals surface area (Å²) in [6.07, 6.45) is 2.46. The maximum absolute atomic E-state index is 13.2. The van der Waals surface area contributed by atoms with Crippen LogP contribution in [0.1, 0.15) is 46.9 Å². The van der Waals surface area contributed by atoms with Crippen molar-refractivity contribution in [2.75, 3.05) is 11.5 Å². The first-order valence-corrected chi connectivity index (χ1v) is 14.4. The standard InChI is InChI=1S/C33H27BrN2O5/c1-19-7-13-24-26(15-19)32(39)36(31(24)38)23-11-8-20(9-12-23)29-17-27(25-16-22(34)10-14-28(25)35-29)33(40)41-18-30(37)21-5-3-2-4-6-21/h2-6,8-12,14,16-17,19,24,26H,7,13,15,18H2,1H3. The average molecular weight is 611 g/mol. The van der Waals surface area contributed by atoms with E-state index < -0.39 is 5.97 Å². The number of pyridine rings is 1. The highest BCUT2D eigenvalue weighted by Gasteiger charge is 2.49. The fourth-order valence-corrected chi connectivity index (χ4v) is 6.22. The molecule has 0 bridgehead atoms. The monoisotopic (exact) mass is 610 g/mol. The van der Waals surface area contributed by atoms with E-state index in [1.807, 2.05) is 12.1 Å². The van der Waals surface area contributed by atoms with Crippen molar-refractivity contribution in [2.45, 2.75) is 26.2 Å². The van der Waals surface area contributed by atoms with Crippen LogP contribution >= 0.6 is 15.9 Å². The molecule has 1 saturated heterocycles. The molecule has 2 fully saturated rings. The number of rotatable bonds is 6. The predicted molar refractivity (Wildman–Crippen MR) is 158 cm³/mol. The van der Waals surface area contributed by atoms with Gasteiger partial charge < -0.3 is 4.74 Å². The summed E-state index contributed by atoms with van der Waals surface area (Å²) in [4.78, 5) is 58.1. The van der Waals surface area contributed by atoms with Crippen LogP contribution in [0.2, 0.25) is 0 Å².